The maximum atomic E-state index is 10.4. The first-order chi connectivity index (χ1) is 6.13. The van der Waals surface area contributed by atoms with Crippen LogP contribution in [0.3, 0.4) is 0 Å². The molecule has 0 aliphatic rings. The number of rotatable bonds is 3. The molecule has 0 spiro atoms. The molecule has 4 N–H and O–H groups in total. The van der Waals surface area contributed by atoms with Crippen molar-refractivity contribution in [2.75, 3.05) is 17.6 Å². The zero-order chi connectivity index (χ0) is 9.84. The molecule has 13 heavy (non-hydrogen) atoms. The van der Waals surface area contributed by atoms with Gasteiger partial charge in [0.2, 0.25) is 0 Å². The van der Waals surface area contributed by atoms with Gasteiger partial charge in [0.05, 0.1) is 18.5 Å². The molecule has 1 aromatic rings. The second kappa shape index (κ2) is 4.11. The molecule has 0 saturated carbocycles. The quantitative estimate of drug-likeness (QED) is 0.500. The standard InChI is InChI=1S/C7H10N2O3S/c1-12-7-3-2-5(4-6(7)8)9-13(10)11/h2-4,9H,8H2,1H3,(H,10,11). The van der Waals surface area contributed by atoms with Crippen LogP contribution in [0.25, 0.3) is 0 Å². The van der Waals surface area contributed by atoms with Crippen LogP contribution in [0.4, 0.5) is 11.4 Å². The summed E-state index contributed by atoms with van der Waals surface area (Å²) in [6.07, 6.45) is 0. The number of methoxy groups -OCH3 is 1. The Morgan fingerprint density at radius 2 is 2.31 bits per heavy atom. The number of nitrogens with two attached hydrogens (primary N) is 1. The largest absolute Gasteiger partial charge is 0.495 e. The van der Waals surface area contributed by atoms with Crippen molar-refractivity contribution in [1.82, 2.24) is 0 Å². The van der Waals surface area contributed by atoms with Gasteiger partial charge in [0, 0.05) is 0 Å². The third-order valence-corrected chi connectivity index (χ3v) is 1.85. The summed E-state index contributed by atoms with van der Waals surface area (Å²) >= 11 is -2.08. The Labute approximate surface area is 78.3 Å². The van der Waals surface area contributed by atoms with Crippen LogP contribution in [0.2, 0.25) is 0 Å². The molecule has 0 amide bonds. The summed E-state index contributed by atoms with van der Waals surface area (Å²) in [5, 5.41) is 0. The average molecular weight is 202 g/mol. The molecule has 0 aliphatic heterocycles. The van der Waals surface area contributed by atoms with Crippen molar-refractivity contribution >= 4 is 22.6 Å². The summed E-state index contributed by atoms with van der Waals surface area (Å²) in [5.41, 5.74) is 6.45. The fraction of sp³-hybridized carbons (Fsp3) is 0.143. The van der Waals surface area contributed by atoms with Gasteiger partial charge in [-0.05, 0) is 18.2 Å². The van der Waals surface area contributed by atoms with Crippen LogP contribution in [0, 0.1) is 0 Å². The first-order valence-electron chi connectivity index (χ1n) is 3.44. The minimum atomic E-state index is -2.08. The zero-order valence-corrected chi connectivity index (χ0v) is 7.80. The van der Waals surface area contributed by atoms with Gasteiger partial charge in [0.1, 0.15) is 5.75 Å². The number of nitrogens with one attached hydrogen (secondary N) is 1. The highest BCUT2D eigenvalue weighted by molar-refractivity contribution is 7.80. The molecule has 0 aromatic heterocycles. The monoisotopic (exact) mass is 202 g/mol. The summed E-state index contributed by atoms with van der Waals surface area (Å²) < 4.78 is 26.1. The van der Waals surface area contributed by atoms with E-state index in [0.29, 0.717) is 17.1 Å². The van der Waals surface area contributed by atoms with Crippen LogP contribution in [0.1, 0.15) is 0 Å². The van der Waals surface area contributed by atoms with Crippen molar-refractivity contribution in [3.63, 3.8) is 0 Å². The molecule has 0 fully saturated rings. The van der Waals surface area contributed by atoms with Crippen LogP contribution in [-0.4, -0.2) is 15.9 Å². The van der Waals surface area contributed by atoms with E-state index in [2.05, 4.69) is 4.72 Å². The predicted molar refractivity (Wildman–Crippen MR) is 51.8 cm³/mol. The highest BCUT2D eigenvalue weighted by Crippen LogP contribution is 2.24. The van der Waals surface area contributed by atoms with E-state index in [9.17, 15) is 4.21 Å². The Morgan fingerprint density at radius 3 is 2.77 bits per heavy atom. The second-order valence-corrected chi connectivity index (χ2v) is 3.01. The number of benzene rings is 1. The van der Waals surface area contributed by atoms with Gasteiger partial charge < -0.3 is 10.5 Å². The van der Waals surface area contributed by atoms with Crippen molar-refractivity contribution in [2.24, 2.45) is 0 Å². The number of hydrogen-bond acceptors (Lipinski definition) is 3. The van der Waals surface area contributed by atoms with Crippen LogP contribution >= 0.6 is 0 Å². The molecule has 0 radical (unpaired) electrons. The number of ether oxygens (including phenoxy) is 1. The smallest absolute Gasteiger partial charge is 0.259 e. The summed E-state index contributed by atoms with van der Waals surface area (Å²) in [6.45, 7) is 0. The molecule has 0 heterocycles. The molecule has 1 aromatic carbocycles. The molecule has 0 bridgehead atoms. The predicted octanol–water partition coefficient (Wildman–Crippen LogP) is 0.826. The van der Waals surface area contributed by atoms with E-state index >= 15 is 0 Å². The Morgan fingerprint density at radius 1 is 1.62 bits per heavy atom. The van der Waals surface area contributed by atoms with E-state index in [1.54, 1.807) is 12.1 Å². The van der Waals surface area contributed by atoms with E-state index in [4.69, 9.17) is 15.0 Å². The van der Waals surface area contributed by atoms with E-state index in [0.717, 1.165) is 0 Å². The minimum Gasteiger partial charge on any atom is -0.495 e. The highest BCUT2D eigenvalue weighted by atomic mass is 32.2. The fourth-order valence-corrected chi connectivity index (χ4v) is 1.23. The normalized spacial score (nSPS) is 12.2. The van der Waals surface area contributed by atoms with Crippen LogP contribution in [-0.2, 0) is 11.3 Å². The van der Waals surface area contributed by atoms with Crippen LogP contribution < -0.4 is 15.2 Å². The molecule has 1 rings (SSSR count). The Bertz CT molecular complexity index is 330. The lowest BCUT2D eigenvalue weighted by molar-refractivity contribution is 0.417. The molecule has 6 heteroatoms. The Balaban J connectivity index is 2.89. The lowest BCUT2D eigenvalue weighted by atomic mass is 10.2. The van der Waals surface area contributed by atoms with E-state index in [-0.39, 0.29) is 0 Å². The lowest BCUT2D eigenvalue weighted by Gasteiger charge is -2.06. The maximum Gasteiger partial charge on any atom is 0.259 e. The Hall–Kier alpha value is -1.27. The van der Waals surface area contributed by atoms with Gasteiger partial charge in [-0.3, -0.25) is 9.27 Å². The van der Waals surface area contributed by atoms with E-state index in [1.165, 1.54) is 13.2 Å². The van der Waals surface area contributed by atoms with Crippen molar-refractivity contribution in [3.05, 3.63) is 18.2 Å². The number of anilines is 2. The molecule has 0 aliphatic carbocycles. The average Bonchev–Trinajstić information content (AvgIpc) is 2.03. The van der Waals surface area contributed by atoms with Crippen molar-refractivity contribution in [3.8, 4) is 5.75 Å². The molecule has 72 valence electrons. The van der Waals surface area contributed by atoms with Crippen molar-refractivity contribution < 1.29 is 13.5 Å². The highest BCUT2D eigenvalue weighted by Gasteiger charge is 2.01. The van der Waals surface area contributed by atoms with Crippen LogP contribution in [0.5, 0.6) is 5.75 Å². The summed E-state index contributed by atoms with van der Waals surface area (Å²) in [6, 6.07) is 4.74. The molecule has 0 saturated heterocycles. The molecule has 1 unspecified atom stereocenters. The third kappa shape index (κ3) is 2.60. The van der Waals surface area contributed by atoms with Gasteiger partial charge in [0.25, 0.3) is 11.3 Å². The SMILES string of the molecule is COc1ccc(NS(=O)O)cc1N. The van der Waals surface area contributed by atoms with Crippen molar-refractivity contribution in [2.45, 2.75) is 0 Å². The summed E-state index contributed by atoms with van der Waals surface area (Å²) in [5.74, 6) is 0.536. The minimum absolute atomic E-state index is 0.415. The van der Waals surface area contributed by atoms with E-state index < -0.39 is 11.3 Å². The molecular formula is C7H10N2O3S. The first-order valence-corrected chi connectivity index (χ1v) is 4.55. The maximum absolute atomic E-state index is 10.4. The molecule has 5 nitrogen and oxygen atoms in total. The summed E-state index contributed by atoms with van der Waals surface area (Å²) in [7, 11) is 1.50. The summed E-state index contributed by atoms with van der Waals surface area (Å²) in [4.78, 5) is 0. The fourth-order valence-electron chi connectivity index (χ4n) is 0.899. The van der Waals surface area contributed by atoms with Crippen LogP contribution in [0.15, 0.2) is 18.2 Å². The van der Waals surface area contributed by atoms with E-state index in [1.807, 2.05) is 0 Å². The number of nitrogen functional groups attached to an aromatic ring is 1. The second-order valence-electron chi connectivity index (χ2n) is 2.31. The third-order valence-electron chi connectivity index (χ3n) is 1.43. The Kier molecular flexibility index (Phi) is 3.10. The van der Waals surface area contributed by atoms with Gasteiger partial charge in [-0.15, -0.1) is 0 Å². The van der Waals surface area contributed by atoms with Gasteiger partial charge in [-0.2, -0.15) is 0 Å². The number of hydrogen-bond donors (Lipinski definition) is 3. The molecule has 1 atom stereocenters. The van der Waals surface area contributed by atoms with Gasteiger partial charge in [-0.1, -0.05) is 0 Å². The van der Waals surface area contributed by atoms with Crippen molar-refractivity contribution in [1.29, 1.82) is 0 Å². The van der Waals surface area contributed by atoms with Gasteiger partial charge >= 0.3 is 0 Å². The van der Waals surface area contributed by atoms with Gasteiger partial charge in [-0.25, -0.2) is 4.21 Å². The first kappa shape index (κ1) is 9.82. The molecular weight excluding hydrogens is 192 g/mol. The zero-order valence-electron chi connectivity index (χ0n) is 6.98. The lowest BCUT2D eigenvalue weighted by Crippen LogP contribution is -2.02. The van der Waals surface area contributed by atoms with Gasteiger partial charge in [0.15, 0.2) is 0 Å². The topological polar surface area (TPSA) is 84.6 Å².